The first kappa shape index (κ1) is 1.22. The molecule has 2 heteroatoms. The van der Waals surface area contributed by atoms with Crippen molar-refractivity contribution >= 4 is 31.9 Å². The van der Waals surface area contributed by atoms with Gasteiger partial charge in [-0.15, -0.1) is 0 Å². The van der Waals surface area contributed by atoms with Gasteiger partial charge in [0.2, 0.25) is 0 Å². The molecule has 0 bridgehead atoms. The molecule has 0 heterocycles. The number of alkyl halides is 2. The van der Waals surface area contributed by atoms with Crippen LogP contribution in [0.3, 0.4) is 0 Å². The van der Waals surface area contributed by atoms with E-state index in [0.29, 0.717) is 0 Å². The second-order valence-corrected chi connectivity index (χ2v) is 1.60. The van der Waals surface area contributed by atoms with Crippen molar-refractivity contribution in [1.29, 1.82) is 0 Å². The molecule has 1 atom stereocenters. The summed E-state index contributed by atoms with van der Waals surface area (Å²) in [5.74, 6) is 0. The van der Waals surface area contributed by atoms with E-state index in [1.165, 1.54) is 0 Å². The number of rotatable bonds is 1. The maximum absolute atomic E-state index is 7.16. The van der Waals surface area contributed by atoms with E-state index >= 15 is 0 Å². The molecule has 32 valence electrons. The molecule has 0 fully saturated rings. The van der Waals surface area contributed by atoms with Crippen LogP contribution in [0.5, 0.6) is 0 Å². The van der Waals surface area contributed by atoms with Crippen molar-refractivity contribution in [3.8, 4) is 0 Å². The van der Waals surface area contributed by atoms with Crippen molar-refractivity contribution in [3.63, 3.8) is 0 Å². The Morgan fingerprint density at radius 3 is 3.20 bits per heavy atom. The largest absolute Gasteiger partial charge is 0.0916 e. The van der Waals surface area contributed by atoms with Gasteiger partial charge in [-0.3, -0.25) is 0 Å². The molecule has 0 aliphatic heterocycles. The Kier molecular flexibility index (Phi) is 0.772. The molecular weight excluding hydrogens is 196 g/mol. The number of hydrogen-bond acceptors (Lipinski definition) is 0. The van der Waals surface area contributed by atoms with E-state index in [9.17, 15) is 0 Å². The van der Waals surface area contributed by atoms with Crippen molar-refractivity contribution in [2.75, 3.05) is 5.28 Å². The molecule has 0 amide bonds. The minimum Gasteiger partial charge on any atom is -0.0916 e. The van der Waals surface area contributed by atoms with Gasteiger partial charge < -0.3 is 0 Å². The maximum atomic E-state index is 7.16. The van der Waals surface area contributed by atoms with E-state index in [1.807, 2.05) is 0 Å². The third kappa shape index (κ3) is 4.96. The van der Waals surface area contributed by atoms with Gasteiger partial charge in [-0.25, -0.2) is 0 Å². The average Bonchev–Trinajstić information content (AvgIpc) is 1.58. The van der Waals surface area contributed by atoms with Crippen molar-refractivity contribution < 1.29 is 8.22 Å². The molecule has 0 aliphatic carbocycles. The van der Waals surface area contributed by atoms with Crippen molar-refractivity contribution in [3.05, 3.63) is 0 Å². The standard InChI is InChI=1S/C3H6Br2/c1-3(5)2-4/h3H,2H2,1H3/i1D3,2D2,3D. The average molecular weight is 208 g/mol. The zero-order valence-corrected chi connectivity index (χ0v) is 5.43. The van der Waals surface area contributed by atoms with Gasteiger partial charge in [-0.1, -0.05) is 38.7 Å². The highest BCUT2D eigenvalue weighted by Crippen LogP contribution is 1.99. The van der Waals surface area contributed by atoms with Gasteiger partial charge in [0.25, 0.3) is 0 Å². The van der Waals surface area contributed by atoms with E-state index in [2.05, 4.69) is 31.9 Å². The Morgan fingerprint density at radius 1 is 2.60 bits per heavy atom. The van der Waals surface area contributed by atoms with Gasteiger partial charge in [-0.05, 0) is 0 Å². The number of halogens is 2. The first-order valence-corrected chi connectivity index (χ1v) is 2.46. The maximum Gasteiger partial charge on any atom is 0.0429 e. The van der Waals surface area contributed by atoms with Crippen molar-refractivity contribution in [2.24, 2.45) is 0 Å². The molecule has 0 aromatic carbocycles. The molecule has 0 radical (unpaired) electrons. The summed E-state index contributed by atoms with van der Waals surface area (Å²) in [5, 5.41) is -2.29. The lowest BCUT2D eigenvalue weighted by atomic mass is 10.6. The highest BCUT2D eigenvalue weighted by molar-refractivity contribution is 9.12. The second kappa shape index (κ2) is 3.16. The monoisotopic (exact) mass is 206 g/mol. The predicted molar refractivity (Wildman–Crippen MR) is 32.2 cm³/mol. The van der Waals surface area contributed by atoms with Gasteiger partial charge in [0, 0.05) is 18.3 Å². The summed E-state index contributed by atoms with van der Waals surface area (Å²) >= 11 is 4.98. The Labute approximate surface area is 57.6 Å². The fourth-order valence-corrected chi connectivity index (χ4v) is 0. The molecule has 0 spiro atoms. The molecule has 0 aromatic heterocycles. The van der Waals surface area contributed by atoms with Crippen LogP contribution < -0.4 is 0 Å². The normalized spacial score (nSPS) is 44.4. The van der Waals surface area contributed by atoms with Crippen LogP contribution in [-0.2, 0) is 0 Å². The molecule has 0 aliphatic rings. The molecular formula is C3H6Br2. The zero-order chi connectivity index (χ0) is 9.50. The van der Waals surface area contributed by atoms with E-state index in [1.54, 1.807) is 0 Å². The minimum atomic E-state index is -2.71. The van der Waals surface area contributed by atoms with Crippen LogP contribution in [-0.4, -0.2) is 10.1 Å². The van der Waals surface area contributed by atoms with E-state index < -0.39 is 16.9 Å². The van der Waals surface area contributed by atoms with Gasteiger partial charge in [-0.2, -0.15) is 0 Å². The molecule has 1 unspecified atom stereocenters. The fourth-order valence-electron chi connectivity index (χ4n) is 0. The van der Waals surface area contributed by atoms with Gasteiger partial charge in [0.1, 0.15) is 0 Å². The van der Waals surface area contributed by atoms with Crippen LogP contribution in [0.25, 0.3) is 0 Å². The summed E-state index contributed by atoms with van der Waals surface area (Å²) in [6.07, 6.45) is 0. The lowest BCUT2D eigenvalue weighted by molar-refractivity contribution is 1.17. The van der Waals surface area contributed by atoms with Crippen molar-refractivity contribution in [2.45, 2.75) is 11.7 Å². The first-order valence-electron chi connectivity index (χ1n) is 3.88. The summed E-state index contributed by atoms with van der Waals surface area (Å²) < 4.78 is 41.6. The molecule has 0 saturated heterocycles. The lowest BCUT2D eigenvalue weighted by Crippen LogP contribution is -1.85. The molecule has 0 aromatic rings. The summed E-state index contributed by atoms with van der Waals surface area (Å²) in [6, 6.07) is 0. The Balaban J connectivity index is 4.75. The number of hydrogen-bond donors (Lipinski definition) is 0. The smallest absolute Gasteiger partial charge is 0.0429 e. The first-order chi connectivity index (χ1) is 4.50. The molecule has 0 nitrogen and oxygen atoms in total. The third-order valence-electron chi connectivity index (χ3n) is 0.0830. The third-order valence-corrected chi connectivity index (χ3v) is 1.21. The van der Waals surface area contributed by atoms with Crippen LogP contribution >= 0.6 is 31.9 Å². The zero-order valence-electron chi connectivity index (χ0n) is 8.26. The molecule has 0 N–H and O–H groups in total. The van der Waals surface area contributed by atoms with Crippen LogP contribution in [0.2, 0.25) is 0 Å². The Hall–Kier alpha value is 0.960. The minimum absolute atomic E-state index is 2.29. The van der Waals surface area contributed by atoms with Gasteiger partial charge in [0.05, 0.1) is 0 Å². The summed E-state index contributed by atoms with van der Waals surface area (Å²) in [7, 11) is 0. The van der Waals surface area contributed by atoms with E-state index in [-0.39, 0.29) is 0 Å². The van der Waals surface area contributed by atoms with Crippen LogP contribution in [0.1, 0.15) is 15.1 Å². The highest BCUT2D eigenvalue weighted by atomic mass is 79.9. The summed E-state index contributed by atoms with van der Waals surface area (Å²) in [6.45, 7) is -2.71. The highest BCUT2D eigenvalue weighted by Gasteiger charge is 1.84. The van der Waals surface area contributed by atoms with E-state index in [4.69, 9.17) is 8.22 Å². The van der Waals surface area contributed by atoms with Crippen LogP contribution in [0.4, 0.5) is 0 Å². The van der Waals surface area contributed by atoms with Crippen LogP contribution in [0, 0.1) is 0 Å². The van der Waals surface area contributed by atoms with Gasteiger partial charge in [0.15, 0.2) is 0 Å². The topological polar surface area (TPSA) is 0 Å². The molecule has 5 heavy (non-hydrogen) atoms. The Morgan fingerprint density at radius 2 is 3.20 bits per heavy atom. The molecule has 0 rings (SSSR count). The molecule has 0 saturated carbocycles. The summed E-state index contributed by atoms with van der Waals surface area (Å²) in [5.41, 5.74) is 0. The summed E-state index contributed by atoms with van der Waals surface area (Å²) in [4.78, 5) is -2.31. The van der Waals surface area contributed by atoms with E-state index in [0.717, 1.165) is 0 Å². The van der Waals surface area contributed by atoms with Gasteiger partial charge >= 0.3 is 0 Å². The lowest BCUT2D eigenvalue weighted by Gasteiger charge is -1.86. The van der Waals surface area contributed by atoms with Crippen LogP contribution in [0.15, 0.2) is 0 Å². The SMILES string of the molecule is [2H]C([2H])([2H])C([2H])(Br)C([2H])([2H])Br. The quantitative estimate of drug-likeness (QED) is 0.579. The second-order valence-electron chi connectivity index (χ2n) is 0.408. The Bertz CT molecular complexity index is 127. The fraction of sp³-hybridized carbons (Fsp3) is 1.00. The predicted octanol–water partition coefficient (Wildman–Crippen LogP) is 2.16. The van der Waals surface area contributed by atoms with Crippen molar-refractivity contribution in [1.82, 2.24) is 0 Å².